The van der Waals surface area contributed by atoms with E-state index in [4.69, 9.17) is 13.1 Å². The zero-order valence-electron chi connectivity index (χ0n) is 36.3. The van der Waals surface area contributed by atoms with Crippen molar-refractivity contribution in [1.82, 2.24) is 14.1 Å². The van der Waals surface area contributed by atoms with Crippen molar-refractivity contribution in [3.05, 3.63) is 55.6 Å². The van der Waals surface area contributed by atoms with E-state index in [1.165, 1.54) is 23.5 Å². The van der Waals surface area contributed by atoms with Gasteiger partial charge in [-0.05, 0) is 39.1 Å². The summed E-state index contributed by atoms with van der Waals surface area (Å²) in [7, 11) is -10.4. The van der Waals surface area contributed by atoms with Gasteiger partial charge in [-0.3, -0.25) is 33.5 Å². The number of hydrogen-bond acceptors (Lipinski definition) is 19. The van der Waals surface area contributed by atoms with E-state index in [-0.39, 0.29) is 72.0 Å². The number of aryl methyl sites for hydroxylation is 2. The van der Waals surface area contributed by atoms with Crippen LogP contribution in [-0.4, -0.2) is 193 Å². The van der Waals surface area contributed by atoms with Gasteiger partial charge in [0.1, 0.15) is 4.90 Å². The summed E-state index contributed by atoms with van der Waals surface area (Å²) in [5.74, 6) is -0.213. The standard InChI is InChI=1S/C19H31BrN4O8S2.C16H26BrN3O7S2/c1-16-14-17(24(25)26)15-18(19(16)23(5-4-20)10-13-32-33(3,27)28)34(29,30)21(2)6-7-22-8-11-31-12-9-22;1-13-11-14(20(21)22)12-15(29(25,26)10-8-18(2)3)16(13)19(6-5-17)7-9-27-28(4,23)24/h14-15H,4-13H2,1-3H3;11-12H,5-10H2,1-4H3. The number of alkyl halides is 2. The molecule has 28 heteroatoms. The molecule has 2 aromatic rings. The first-order valence-electron chi connectivity index (χ1n) is 19.2. The summed E-state index contributed by atoms with van der Waals surface area (Å²) in [6.07, 6.45) is 1.86. The van der Waals surface area contributed by atoms with Gasteiger partial charge in [0, 0.05) is 101 Å². The van der Waals surface area contributed by atoms with Gasteiger partial charge < -0.3 is 19.4 Å². The van der Waals surface area contributed by atoms with Crippen LogP contribution < -0.4 is 9.80 Å². The van der Waals surface area contributed by atoms with Crippen LogP contribution in [0.15, 0.2) is 34.1 Å². The van der Waals surface area contributed by atoms with Crippen LogP contribution in [-0.2, 0) is 53.2 Å². The molecule has 0 N–H and O–H groups in total. The molecular formula is C35H57Br2N7O15S4. The van der Waals surface area contributed by atoms with Gasteiger partial charge in [0.2, 0.25) is 10.0 Å². The van der Waals surface area contributed by atoms with Gasteiger partial charge in [0.05, 0.1) is 70.8 Å². The number of anilines is 2. The van der Waals surface area contributed by atoms with Gasteiger partial charge in [-0.1, -0.05) is 31.9 Å². The molecule has 0 bridgehead atoms. The highest BCUT2D eigenvalue weighted by Crippen LogP contribution is 2.36. The Morgan fingerprint density at radius 2 is 1.11 bits per heavy atom. The molecule has 0 amide bonds. The van der Waals surface area contributed by atoms with Crippen LogP contribution in [0.25, 0.3) is 0 Å². The van der Waals surface area contributed by atoms with E-state index < -0.39 is 49.9 Å². The van der Waals surface area contributed by atoms with E-state index in [0.29, 0.717) is 73.4 Å². The van der Waals surface area contributed by atoms with Crippen LogP contribution in [0, 0.1) is 34.1 Å². The number of sulfonamides is 1. The van der Waals surface area contributed by atoms with Crippen molar-refractivity contribution in [3.63, 3.8) is 0 Å². The molecule has 1 aliphatic rings. The molecule has 0 saturated carbocycles. The number of benzene rings is 2. The lowest BCUT2D eigenvalue weighted by atomic mass is 10.1. The lowest BCUT2D eigenvalue weighted by Gasteiger charge is -2.30. The zero-order chi connectivity index (χ0) is 47.9. The fourth-order valence-electron chi connectivity index (χ4n) is 6.19. The number of likely N-dealkylation sites (N-methyl/N-ethyl adjacent to an activating group) is 1. The minimum Gasteiger partial charge on any atom is -0.379 e. The summed E-state index contributed by atoms with van der Waals surface area (Å²) < 4.78 is 115. The second-order valence-corrected chi connectivity index (χ2v) is 23.5. The molecule has 0 aliphatic carbocycles. The Kier molecular flexibility index (Phi) is 22.7. The summed E-state index contributed by atoms with van der Waals surface area (Å²) >= 11 is 6.63. The minimum absolute atomic E-state index is 0.0668. The highest BCUT2D eigenvalue weighted by molar-refractivity contribution is 9.09. The van der Waals surface area contributed by atoms with Gasteiger partial charge in [0.15, 0.2) is 9.84 Å². The predicted molar refractivity (Wildman–Crippen MR) is 247 cm³/mol. The van der Waals surface area contributed by atoms with Crippen LogP contribution in [0.1, 0.15) is 11.1 Å². The van der Waals surface area contributed by atoms with Crippen LogP contribution in [0.5, 0.6) is 0 Å². The molecule has 0 unspecified atom stereocenters. The average Bonchev–Trinajstić information content (AvgIpc) is 3.17. The third-order valence-corrected chi connectivity index (χ3v) is 14.7. The summed E-state index contributed by atoms with van der Waals surface area (Å²) in [6.45, 7) is 7.15. The molecule has 1 fully saturated rings. The van der Waals surface area contributed by atoms with Crippen LogP contribution in [0.3, 0.4) is 0 Å². The Morgan fingerprint density at radius 3 is 1.51 bits per heavy atom. The number of nitro benzene ring substituents is 2. The summed E-state index contributed by atoms with van der Waals surface area (Å²) in [5, 5.41) is 23.7. The first-order valence-corrected chi connectivity index (χ1v) is 28.1. The van der Waals surface area contributed by atoms with Crippen molar-refractivity contribution >= 4 is 94.7 Å². The summed E-state index contributed by atoms with van der Waals surface area (Å²) in [5.41, 5.74) is 0.720. The average molecular weight is 1100 g/mol. The zero-order valence-corrected chi connectivity index (χ0v) is 42.7. The molecule has 22 nitrogen and oxygen atoms in total. The van der Waals surface area contributed by atoms with Crippen LogP contribution in [0.2, 0.25) is 0 Å². The molecule has 2 aromatic carbocycles. The third-order valence-electron chi connectivity index (χ3n) is 9.25. The molecular weight excluding hydrogens is 1050 g/mol. The molecule has 360 valence electrons. The first-order chi connectivity index (χ1) is 29.1. The molecule has 1 saturated heterocycles. The lowest BCUT2D eigenvalue weighted by molar-refractivity contribution is -0.385. The number of rotatable bonds is 25. The molecule has 0 spiro atoms. The minimum atomic E-state index is -4.11. The number of nitrogens with zero attached hydrogens (tertiary/aromatic N) is 7. The molecule has 1 aliphatic heterocycles. The van der Waals surface area contributed by atoms with E-state index in [0.717, 1.165) is 24.6 Å². The monoisotopic (exact) mass is 1100 g/mol. The quantitative estimate of drug-likeness (QED) is 0.0598. The molecule has 0 radical (unpaired) electrons. The maximum Gasteiger partial charge on any atom is 0.271 e. The Hall–Kier alpha value is -2.64. The van der Waals surface area contributed by atoms with E-state index in [9.17, 15) is 53.9 Å². The van der Waals surface area contributed by atoms with E-state index in [1.54, 1.807) is 42.6 Å². The van der Waals surface area contributed by atoms with Crippen molar-refractivity contribution in [1.29, 1.82) is 0 Å². The Balaban J connectivity index is 0.000000439. The normalized spacial score (nSPS) is 14.1. The molecule has 0 atom stereocenters. The highest BCUT2D eigenvalue weighted by atomic mass is 79.9. The van der Waals surface area contributed by atoms with Gasteiger partial charge in [0.25, 0.3) is 31.6 Å². The smallest absolute Gasteiger partial charge is 0.271 e. The number of ether oxygens (including phenoxy) is 1. The van der Waals surface area contributed by atoms with Crippen molar-refractivity contribution in [2.45, 2.75) is 23.6 Å². The van der Waals surface area contributed by atoms with Crippen LogP contribution in [0.4, 0.5) is 22.7 Å². The topological polar surface area (TPSA) is 267 Å². The number of halogens is 2. The number of hydrogen-bond donors (Lipinski definition) is 0. The van der Waals surface area contributed by atoms with Crippen LogP contribution >= 0.6 is 31.9 Å². The van der Waals surface area contributed by atoms with Crippen molar-refractivity contribution in [2.24, 2.45) is 0 Å². The van der Waals surface area contributed by atoms with Crippen molar-refractivity contribution in [2.75, 3.05) is 145 Å². The first kappa shape index (κ1) is 56.5. The fourth-order valence-corrected chi connectivity index (χ4v) is 11.0. The van der Waals surface area contributed by atoms with Crippen molar-refractivity contribution < 1.29 is 56.6 Å². The molecule has 0 aromatic heterocycles. The second kappa shape index (κ2) is 25.3. The van der Waals surface area contributed by atoms with Gasteiger partial charge in [-0.15, -0.1) is 0 Å². The molecule has 63 heavy (non-hydrogen) atoms. The van der Waals surface area contributed by atoms with E-state index in [2.05, 4.69) is 36.8 Å². The van der Waals surface area contributed by atoms with Gasteiger partial charge >= 0.3 is 0 Å². The van der Waals surface area contributed by atoms with E-state index >= 15 is 0 Å². The number of sulfone groups is 1. The summed E-state index contributed by atoms with van der Waals surface area (Å²) in [6, 6.07) is 4.73. The van der Waals surface area contributed by atoms with E-state index in [1.807, 2.05) is 0 Å². The van der Waals surface area contributed by atoms with Gasteiger partial charge in [-0.25, -0.2) is 16.8 Å². The Bertz CT molecular complexity index is 2320. The summed E-state index contributed by atoms with van der Waals surface area (Å²) in [4.78, 5) is 28.3. The highest BCUT2D eigenvalue weighted by Gasteiger charge is 2.32. The number of non-ortho nitro benzene ring substituents is 2. The SMILES string of the molecule is Cc1cc([N+](=O)[O-])cc(S(=O)(=O)CCN(C)C)c1N(CCBr)CCOS(C)(=O)=O.Cc1cc([N+](=O)[O-])cc(S(=O)(=O)N(C)CCN2CCOCC2)c1N(CCBr)CCOS(C)(=O)=O. The molecule has 1 heterocycles. The lowest BCUT2D eigenvalue weighted by Crippen LogP contribution is -2.42. The van der Waals surface area contributed by atoms with Gasteiger partial charge in [-0.2, -0.15) is 21.1 Å². The largest absolute Gasteiger partial charge is 0.379 e. The Morgan fingerprint density at radius 1 is 0.683 bits per heavy atom. The number of nitro groups is 2. The fraction of sp³-hybridized carbons (Fsp3) is 0.657. The second-order valence-electron chi connectivity index (χ2n) is 14.5. The van der Waals surface area contributed by atoms with Crippen molar-refractivity contribution in [3.8, 4) is 0 Å². The maximum atomic E-state index is 13.6. The molecule has 3 rings (SSSR count). The maximum absolute atomic E-state index is 13.6. The third kappa shape index (κ3) is 18.6. The number of morpholine rings is 1. The Labute approximate surface area is 387 Å². The predicted octanol–water partition coefficient (Wildman–Crippen LogP) is 2.45.